The highest BCUT2D eigenvalue weighted by atomic mass is 16.4. The molecule has 2 rings (SSSR count). The molecule has 0 bridgehead atoms. The van der Waals surface area contributed by atoms with Crippen LogP contribution in [0, 0.1) is 0 Å². The van der Waals surface area contributed by atoms with E-state index in [1.807, 2.05) is 0 Å². The fraction of sp³-hybridized carbons (Fsp3) is 0.0714. The van der Waals surface area contributed by atoms with E-state index < -0.39 is 5.97 Å². The molecule has 1 aromatic heterocycles. The topological polar surface area (TPSA) is 98.7 Å². The van der Waals surface area contributed by atoms with Crippen molar-refractivity contribution in [2.45, 2.75) is 6.54 Å². The number of hydrogen-bond donors (Lipinski definition) is 3. The molecule has 3 N–H and O–H groups in total. The molecule has 0 aliphatic heterocycles. The Kier molecular flexibility index (Phi) is 3.65. The number of ketones is 1. The average molecular weight is 274 g/mol. The molecule has 1 aromatic carbocycles. The number of benzene rings is 1. The highest BCUT2D eigenvalue weighted by Gasteiger charge is 2.15. The SMILES string of the molecule is O=C(O)c1ccc[n+](CC(=O)c2ccc(O)c(O)c2)c1. The molecule has 0 aliphatic carbocycles. The van der Waals surface area contributed by atoms with Gasteiger partial charge >= 0.3 is 5.97 Å². The summed E-state index contributed by atoms with van der Waals surface area (Å²) in [5.41, 5.74) is 0.308. The van der Waals surface area contributed by atoms with Crippen molar-refractivity contribution in [3.63, 3.8) is 0 Å². The molecule has 0 fully saturated rings. The molecule has 0 amide bonds. The van der Waals surface area contributed by atoms with Crippen LogP contribution in [-0.2, 0) is 6.54 Å². The number of phenols is 2. The fourth-order valence-electron chi connectivity index (χ4n) is 1.70. The number of phenolic OH excluding ortho intramolecular Hbond substituents is 2. The van der Waals surface area contributed by atoms with Gasteiger partial charge in [-0.15, -0.1) is 0 Å². The number of aromatic hydroxyl groups is 2. The molecule has 0 unspecified atom stereocenters. The number of hydrogen-bond acceptors (Lipinski definition) is 4. The van der Waals surface area contributed by atoms with Crippen LogP contribution in [0.5, 0.6) is 11.5 Å². The first-order valence-corrected chi connectivity index (χ1v) is 5.75. The lowest BCUT2D eigenvalue weighted by Crippen LogP contribution is -2.38. The van der Waals surface area contributed by atoms with E-state index in [0.717, 1.165) is 0 Å². The van der Waals surface area contributed by atoms with Gasteiger partial charge in [0.2, 0.25) is 12.3 Å². The molecule has 20 heavy (non-hydrogen) atoms. The number of aromatic nitrogens is 1. The van der Waals surface area contributed by atoms with E-state index >= 15 is 0 Å². The van der Waals surface area contributed by atoms with Crippen molar-refractivity contribution in [3.05, 3.63) is 53.9 Å². The number of rotatable bonds is 4. The van der Waals surface area contributed by atoms with E-state index in [1.165, 1.54) is 41.1 Å². The van der Waals surface area contributed by atoms with E-state index in [2.05, 4.69) is 0 Å². The Morgan fingerprint density at radius 2 is 1.80 bits per heavy atom. The van der Waals surface area contributed by atoms with Crippen LogP contribution in [0.2, 0.25) is 0 Å². The zero-order chi connectivity index (χ0) is 14.7. The van der Waals surface area contributed by atoms with Crippen molar-refractivity contribution < 1.29 is 29.5 Å². The van der Waals surface area contributed by atoms with Gasteiger partial charge in [0.1, 0.15) is 5.56 Å². The Hall–Kier alpha value is -2.89. The smallest absolute Gasteiger partial charge is 0.341 e. The van der Waals surface area contributed by atoms with Gasteiger partial charge in [-0.05, 0) is 24.3 Å². The highest BCUT2D eigenvalue weighted by Crippen LogP contribution is 2.24. The van der Waals surface area contributed by atoms with Gasteiger partial charge in [-0.3, -0.25) is 4.79 Å². The molecular weight excluding hydrogens is 262 g/mol. The van der Waals surface area contributed by atoms with Crippen LogP contribution in [0.25, 0.3) is 0 Å². The summed E-state index contributed by atoms with van der Waals surface area (Å²) in [4.78, 5) is 22.8. The van der Waals surface area contributed by atoms with E-state index in [-0.39, 0.29) is 35.0 Å². The predicted octanol–water partition coefficient (Wildman–Crippen LogP) is 0.966. The maximum Gasteiger partial charge on any atom is 0.341 e. The van der Waals surface area contributed by atoms with Gasteiger partial charge < -0.3 is 15.3 Å². The zero-order valence-electron chi connectivity index (χ0n) is 10.4. The second-order valence-corrected chi connectivity index (χ2v) is 4.20. The summed E-state index contributed by atoms with van der Waals surface area (Å²) in [5.74, 6) is -2.07. The third-order valence-corrected chi connectivity index (χ3v) is 2.73. The first-order chi connectivity index (χ1) is 9.47. The van der Waals surface area contributed by atoms with Crippen LogP contribution < -0.4 is 4.57 Å². The second-order valence-electron chi connectivity index (χ2n) is 4.20. The molecule has 0 saturated carbocycles. The predicted molar refractivity (Wildman–Crippen MR) is 67.7 cm³/mol. The van der Waals surface area contributed by atoms with Crippen LogP contribution in [0.1, 0.15) is 20.7 Å². The number of pyridine rings is 1. The van der Waals surface area contributed by atoms with Crippen LogP contribution in [0.15, 0.2) is 42.7 Å². The van der Waals surface area contributed by atoms with Crippen molar-refractivity contribution in [3.8, 4) is 11.5 Å². The number of carbonyl (C=O) groups is 2. The Labute approximate surface area is 114 Å². The summed E-state index contributed by atoms with van der Waals surface area (Å²) in [5, 5.41) is 27.4. The Bertz CT molecular complexity index is 681. The van der Waals surface area contributed by atoms with Crippen LogP contribution in [0.3, 0.4) is 0 Å². The summed E-state index contributed by atoms with van der Waals surface area (Å²) < 4.78 is 1.44. The van der Waals surface area contributed by atoms with Gasteiger partial charge in [0, 0.05) is 11.6 Å². The van der Waals surface area contributed by atoms with Crippen LogP contribution in [-0.4, -0.2) is 27.1 Å². The number of Topliss-reactive ketones (excluding diaryl/α,β-unsaturated/α-hetero) is 1. The number of nitrogens with zero attached hydrogens (tertiary/aromatic N) is 1. The van der Waals surface area contributed by atoms with Crippen LogP contribution >= 0.6 is 0 Å². The number of carboxylic acids is 1. The maximum atomic E-state index is 12.0. The van der Waals surface area contributed by atoms with E-state index in [0.29, 0.717) is 0 Å². The number of carbonyl (C=O) groups excluding carboxylic acids is 1. The second kappa shape index (κ2) is 5.40. The van der Waals surface area contributed by atoms with Crippen molar-refractivity contribution in [2.75, 3.05) is 0 Å². The molecule has 0 atom stereocenters. The first kappa shape index (κ1) is 13.5. The van der Waals surface area contributed by atoms with Crippen molar-refractivity contribution in [1.29, 1.82) is 0 Å². The summed E-state index contributed by atoms with van der Waals surface area (Å²) in [6.07, 6.45) is 2.92. The third kappa shape index (κ3) is 2.92. The van der Waals surface area contributed by atoms with E-state index in [1.54, 1.807) is 6.20 Å². The monoisotopic (exact) mass is 274 g/mol. The fourth-order valence-corrected chi connectivity index (χ4v) is 1.70. The van der Waals surface area contributed by atoms with Crippen molar-refractivity contribution in [1.82, 2.24) is 0 Å². The lowest BCUT2D eigenvalue weighted by Gasteiger charge is -2.01. The zero-order valence-corrected chi connectivity index (χ0v) is 10.4. The Morgan fingerprint density at radius 1 is 1.05 bits per heavy atom. The molecule has 6 nitrogen and oxygen atoms in total. The standard InChI is InChI=1S/C14H11NO5/c16-11-4-3-9(6-12(11)17)13(18)8-15-5-1-2-10(7-15)14(19)20/h1-7H,8H2,(H2-,16,17,18,19,20)/p+1. The first-order valence-electron chi connectivity index (χ1n) is 5.75. The minimum absolute atomic E-state index is 0.0642. The third-order valence-electron chi connectivity index (χ3n) is 2.73. The molecule has 0 aliphatic rings. The van der Waals surface area contributed by atoms with Crippen LogP contribution in [0.4, 0.5) is 0 Å². The van der Waals surface area contributed by atoms with Gasteiger partial charge in [0.25, 0.3) is 0 Å². The van der Waals surface area contributed by atoms with Gasteiger partial charge in [-0.1, -0.05) is 0 Å². The van der Waals surface area contributed by atoms with Crippen molar-refractivity contribution >= 4 is 11.8 Å². The Balaban J connectivity index is 2.21. The lowest BCUT2D eigenvalue weighted by atomic mass is 10.1. The maximum absolute atomic E-state index is 12.0. The minimum atomic E-state index is -1.07. The molecule has 0 radical (unpaired) electrons. The Morgan fingerprint density at radius 3 is 2.45 bits per heavy atom. The molecule has 102 valence electrons. The normalized spacial score (nSPS) is 10.2. The van der Waals surface area contributed by atoms with Gasteiger partial charge in [-0.2, -0.15) is 4.57 Å². The number of aromatic carboxylic acids is 1. The summed E-state index contributed by atoms with van der Waals surface area (Å²) in [7, 11) is 0. The summed E-state index contributed by atoms with van der Waals surface area (Å²) in [6.45, 7) is -0.0642. The lowest BCUT2D eigenvalue weighted by molar-refractivity contribution is -0.683. The average Bonchev–Trinajstić information content (AvgIpc) is 2.42. The van der Waals surface area contributed by atoms with Crippen molar-refractivity contribution in [2.24, 2.45) is 0 Å². The van der Waals surface area contributed by atoms with E-state index in [4.69, 9.17) is 5.11 Å². The quantitative estimate of drug-likeness (QED) is 0.438. The van der Waals surface area contributed by atoms with Gasteiger partial charge in [-0.25, -0.2) is 4.79 Å². The van der Waals surface area contributed by atoms with Gasteiger partial charge in [0.15, 0.2) is 23.9 Å². The largest absolute Gasteiger partial charge is 0.504 e. The molecule has 6 heteroatoms. The summed E-state index contributed by atoms with van der Waals surface area (Å²) >= 11 is 0. The summed E-state index contributed by atoms with van der Waals surface area (Å²) in [6, 6.07) is 6.74. The molecule has 1 heterocycles. The molecule has 2 aromatic rings. The van der Waals surface area contributed by atoms with Gasteiger partial charge in [0.05, 0.1) is 0 Å². The van der Waals surface area contributed by atoms with E-state index in [9.17, 15) is 19.8 Å². The molecule has 0 spiro atoms. The molecular formula is C14H12NO5+. The highest BCUT2D eigenvalue weighted by molar-refractivity contribution is 5.95. The minimum Gasteiger partial charge on any atom is -0.504 e. The molecule has 0 saturated heterocycles. The number of carboxylic acid groups (broad SMARTS) is 1.